The van der Waals surface area contributed by atoms with Crippen LogP contribution in [0, 0.1) is 6.92 Å². The number of nitrogens with zero attached hydrogens (tertiary/aromatic N) is 1. The molecule has 0 aliphatic carbocycles. The molecule has 206 valence electrons. The number of unbranched alkanes of at least 4 members (excludes halogenated alkanes) is 1. The maximum absolute atomic E-state index is 14.8. The Balaban J connectivity index is 1.65. The van der Waals surface area contributed by atoms with Gasteiger partial charge in [0.05, 0.1) is 13.2 Å². The molecule has 0 saturated heterocycles. The number of benzene rings is 3. The van der Waals surface area contributed by atoms with Crippen LogP contribution in [0.1, 0.15) is 67.0 Å². The second-order valence-corrected chi connectivity index (χ2v) is 10.9. The average molecular weight is 531 g/mol. The van der Waals surface area contributed by atoms with E-state index in [1.54, 1.807) is 21.0 Å². The van der Waals surface area contributed by atoms with Gasteiger partial charge in [-0.05, 0) is 86.9 Å². The first-order valence-electron chi connectivity index (χ1n) is 13.6. The monoisotopic (exact) mass is 530 g/mol. The lowest BCUT2D eigenvalue weighted by Crippen LogP contribution is -2.28. The van der Waals surface area contributed by atoms with Gasteiger partial charge in [-0.15, -0.1) is 0 Å². The molecule has 2 N–H and O–H groups in total. The number of nitrogens with one attached hydrogen (secondary N) is 1. The maximum atomic E-state index is 14.8. The minimum atomic E-state index is -1.43. The SMILES string of the molecule is C=C(C(Nc1cc(CCCCC(=O)O)cc(OC)c1)c1ccc(C)cc1)N1CCc2ccc(C(C)(C)F)cc21. The van der Waals surface area contributed by atoms with E-state index in [-0.39, 0.29) is 12.5 Å². The molecule has 4 rings (SSSR count). The van der Waals surface area contributed by atoms with E-state index in [4.69, 9.17) is 9.84 Å². The molecule has 3 aromatic carbocycles. The Morgan fingerprint density at radius 3 is 2.54 bits per heavy atom. The van der Waals surface area contributed by atoms with Crippen LogP contribution in [0.15, 0.2) is 72.9 Å². The van der Waals surface area contributed by atoms with Gasteiger partial charge in [0.25, 0.3) is 0 Å². The van der Waals surface area contributed by atoms with Crippen molar-refractivity contribution in [2.45, 2.75) is 64.6 Å². The minimum Gasteiger partial charge on any atom is -0.497 e. The molecule has 0 spiro atoms. The largest absolute Gasteiger partial charge is 0.497 e. The van der Waals surface area contributed by atoms with Crippen LogP contribution in [-0.2, 0) is 23.3 Å². The molecule has 0 fully saturated rings. The van der Waals surface area contributed by atoms with Crippen LogP contribution in [0.3, 0.4) is 0 Å². The van der Waals surface area contributed by atoms with Gasteiger partial charge in [-0.3, -0.25) is 4.79 Å². The summed E-state index contributed by atoms with van der Waals surface area (Å²) >= 11 is 0. The summed E-state index contributed by atoms with van der Waals surface area (Å²) in [4.78, 5) is 13.1. The Morgan fingerprint density at radius 1 is 1.13 bits per heavy atom. The quantitative estimate of drug-likeness (QED) is 0.235. The number of halogens is 1. The fraction of sp³-hybridized carbons (Fsp3) is 0.364. The summed E-state index contributed by atoms with van der Waals surface area (Å²) in [5.41, 5.74) is 6.54. The van der Waals surface area contributed by atoms with Crippen molar-refractivity contribution in [3.8, 4) is 5.75 Å². The molecule has 0 bridgehead atoms. The van der Waals surface area contributed by atoms with Gasteiger partial charge in [0, 0.05) is 36.1 Å². The van der Waals surface area contributed by atoms with Gasteiger partial charge in [0.15, 0.2) is 0 Å². The normalized spacial score (nSPS) is 13.6. The highest BCUT2D eigenvalue weighted by Crippen LogP contribution is 2.39. The van der Waals surface area contributed by atoms with Crippen LogP contribution in [-0.4, -0.2) is 24.7 Å². The third kappa shape index (κ3) is 6.99. The van der Waals surface area contributed by atoms with Gasteiger partial charge in [0.2, 0.25) is 0 Å². The van der Waals surface area contributed by atoms with Crippen LogP contribution in [0.4, 0.5) is 15.8 Å². The summed E-state index contributed by atoms with van der Waals surface area (Å²) in [5, 5.41) is 12.7. The number of alkyl halides is 1. The molecular weight excluding hydrogens is 491 g/mol. The zero-order valence-corrected chi connectivity index (χ0v) is 23.4. The first-order valence-corrected chi connectivity index (χ1v) is 13.6. The van der Waals surface area contributed by atoms with Gasteiger partial charge in [-0.2, -0.15) is 0 Å². The number of rotatable bonds is 12. The second-order valence-electron chi connectivity index (χ2n) is 10.9. The number of anilines is 2. The molecule has 1 heterocycles. The van der Waals surface area contributed by atoms with E-state index in [9.17, 15) is 9.18 Å². The van der Waals surface area contributed by atoms with E-state index in [1.165, 1.54) is 11.1 Å². The Kier molecular flexibility index (Phi) is 8.63. The maximum Gasteiger partial charge on any atom is 0.303 e. The summed E-state index contributed by atoms with van der Waals surface area (Å²) < 4.78 is 20.4. The van der Waals surface area contributed by atoms with Crippen molar-refractivity contribution in [3.63, 3.8) is 0 Å². The fourth-order valence-corrected chi connectivity index (χ4v) is 5.10. The van der Waals surface area contributed by atoms with Crippen LogP contribution >= 0.6 is 0 Å². The number of carboxylic acid groups (broad SMARTS) is 1. The average Bonchev–Trinajstić information content (AvgIpc) is 3.33. The Labute approximate surface area is 231 Å². The predicted octanol–water partition coefficient (Wildman–Crippen LogP) is 7.74. The number of methoxy groups -OCH3 is 1. The molecule has 1 atom stereocenters. The molecule has 5 nitrogen and oxygen atoms in total. The molecule has 0 saturated carbocycles. The van der Waals surface area contributed by atoms with Crippen molar-refractivity contribution in [1.29, 1.82) is 0 Å². The zero-order chi connectivity index (χ0) is 28.2. The number of carboxylic acids is 1. The van der Waals surface area contributed by atoms with Crippen LogP contribution < -0.4 is 15.0 Å². The Morgan fingerprint density at radius 2 is 1.87 bits per heavy atom. The number of hydrogen-bond acceptors (Lipinski definition) is 4. The number of carbonyl (C=O) groups is 1. The highest BCUT2D eigenvalue weighted by molar-refractivity contribution is 5.67. The first-order chi connectivity index (χ1) is 18.5. The number of ether oxygens (including phenoxy) is 1. The zero-order valence-electron chi connectivity index (χ0n) is 23.4. The van der Waals surface area contributed by atoms with Gasteiger partial charge in [-0.25, -0.2) is 4.39 Å². The van der Waals surface area contributed by atoms with E-state index < -0.39 is 11.6 Å². The third-order valence-electron chi connectivity index (χ3n) is 7.38. The highest BCUT2D eigenvalue weighted by Gasteiger charge is 2.29. The van der Waals surface area contributed by atoms with Crippen LogP contribution in [0.25, 0.3) is 0 Å². The van der Waals surface area contributed by atoms with Crippen molar-refractivity contribution in [2.75, 3.05) is 23.9 Å². The lowest BCUT2D eigenvalue weighted by atomic mass is 9.97. The molecule has 0 amide bonds. The summed E-state index contributed by atoms with van der Waals surface area (Å²) in [6, 6.07) is 20.1. The van der Waals surface area contributed by atoms with Gasteiger partial charge in [0.1, 0.15) is 11.4 Å². The number of fused-ring (bicyclic) bond motifs is 1. The minimum absolute atomic E-state index is 0.170. The molecule has 1 aliphatic rings. The molecule has 3 aromatic rings. The lowest BCUT2D eigenvalue weighted by molar-refractivity contribution is -0.137. The second kappa shape index (κ2) is 11.9. The van der Waals surface area contributed by atoms with Gasteiger partial charge >= 0.3 is 5.97 Å². The highest BCUT2D eigenvalue weighted by atomic mass is 19.1. The Bertz CT molecular complexity index is 1330. The summed E-state index contributed by atoms with van der Waals surface area (Å²) in [7, 11) is 1.65. The van der Waals surface area contributed by atoms with Crippen molar-refractivity contribution in [1.82, 2.24) is 0 Å². The fourth-order valence-electron chi connectivity index (χ4n) is 5.10. The summed E-state index contributed by atoms with van der Waals surface area (Å²) in [6.07, 6.45) is 3.22. The van der Waals surface area contributed by atoms with E-state index in [1.807, 2.05) is 30.3 Å². The van der Waals surface area contributed by atoms with E-state index in [2.05, 4.69) is 54.1 Å². The number of aryl methyl sites for hydroxylation is 2. The predicted molar refractivity (Wildman–Crippen MR) is 156 cm³/mol. The smallest absolute Gasteiger partial charge is 0.303 e. The van der Waals surface area contributed by atoms with Crippen LogP contribution in [0.2, 0.25) is 0 Å². The van der Waals surface area contributed by atoms with Gasteiger partial charge in [-0.1, -0.05) is 48.5 Å². The van der Waals surface area contributed by atoms with E-state index in [0.29, 0.717) is 12.0 Å². The van der Waals surface area contributed by atoms with Crippen molar-refractivity contribution in [3.05, 3.63) is 101 Å². The van der Waals surface area contributed by atoms with Gasteiger partial charge < -0.3 is 20.1 Å². The number of hydrogen-bond donors (Lipinski definition) is 2. The van der Waals surface area contributed by atoms with Crippen molar-refractivity contribution in [2.24, 2.45) is 0 Å². The topological polar surface area (TPSA) is 61.8 Å². The third-order valence-corrected chi connectivity index (χ3v) is 7.38. The van der Waals surface area contributed by atoms with E-state index >= 15 is 0 Å². The molecule has 39 heavy (non-hydrogen) atoms. The lowest BCUT2D eigenvalue weighted by Gasteiger charge is -2.31. The molecular formula is C33H39FN2O3. The first kappa shape index (κ1) is 28.2. The number of aliphatic carboxylic acids is 1. The Hall–Kier alpha value is -3.80. The molecule has 1 aliphatic heterocycles. The molecule has 6 heteroatoms. The molecule has 0 radical (unpaired) electrons. The van der Waals surface area contributed by atoms with Crippen molar-refractivity contribution < 1.29 is 19.0 Å². The van der Waals surface area contributed by atoms with Crippen LogP contribution in [0.5, 0.6) is 5.75 Å². The van der Waals surface area contributed by atoms with Crippen molar-refractivity contribution >= 4 is 17.3 Å². The standard InChI is InChI=1S/C33H39FN2O3/c1-22-10-12-26(13-11-22)32(23(2)36-17-16-25-14-15-27(20-30(25)36)33(3,4)34)35-28-18-24(19-29(21-28)39-5)8-6-7-9-31(37)38/h10-15,18-21,32,35H,2,6-9,16-17H2,1,3-5H3,(H,37,38). The van der Waals surface area contributed by atoms with E-state index in [0.717, 1.165) is 59.8 Å². The molecule has 0 aromatic heterocycles. The summed E-state index contributed by atoms with van der Waals surface area (Å²) in [6.45, 7) is 10.6. The summed E-state index contributed by atoms with van der Waals surface area (Å²) in [5.74, 6) is -0.0315. The molecule has 1 unspecified atom stereocenters.